The zero-order valence-corrected chi connectivity index (χ0v) is 14.6. The Morgan fingerprint density at radius 3 is 2.84 bits per heavy atom. The molecule has 2 fully saturated rings. The maximum Gasteiger partial charge on any atom is 0.272 e. The third-order valence-corrected chi connectivity index (χ3v) is 4.40. The number of rotatable bonds is 5. The zero-order valence-electron chi connectivity index (χ0n) is 13.8. The summed E-state index contributed by atoms with van der Waals surface area (Å²) in [6, 6.07) is 2.54. The molecule has 7 nitrogen and oxygen atoms in total. The number of halogens is 2. The average Bonchev–Trinajstić information content (AvgIpc) is 2.97. The van der Waals surface area contributed by atoms with E-state index in [2.05, 4.69) is 15.2 Å². The summed E-state index contributed by atoms with van der Waals surface area (Å²) in [4.78, 5) is 32.0. The van der Waals surface area contributed by atoms with Crippen LogP contribution in [0.1, 0.15) is 16.9 Å². The van der Waals surface area contributed by atoms with Gasteiger partial charge in [-0.15, -0.1) is 12.4 Å². The van der Waals surface area contributed by atoms with Crippen LogP contribution < -0.4 is 5.32 Å². The van der Waals surface area contributed by atoms with Crippen molar-refractivity contribution < 1.29 is 18.7 Å². The second-order valence-corrected chi connectivity index (χ2v) is 5.87. The van der Waals surface area contributed by atoms with Crippen LogP contribution in [0.25, 0.3) is 0 Å². The molecule has 3 heterocycles. The Balaban J connectivity index is 0.00000225. The van der Waals surface area contributed by atoms with E-state index in [9.17, 15) is 14.0 Å². The van der Waals surface area contributed by atoms with Crippen molar-refractivity contribution in [2.45, 2.75) is 12.5 Å². The van der Waals surface area contributed by atoms with Gasteiger partial charge in [-0.1, -0.05) is 0 Å². The van der Waals surface area contributed by atoms with E-state index in [1.165, 1.54) is 18.3 Å². The molecule has 0 aromatic carbocycles. The summed E-state index contributed by atoms with van der Waals surface area (Å²) in [5.41, 5.74) is -0.226. The number of hydrogen-bond acceptors (Lipinski definition) is 5. The highest BCUT2D eigenvalue weighted by Gasteiger charge is 2.36. The van der Waals surface area contributed by atoms with Crippen LogP contribution in [0, 0.1) is 5.82 Å². The van der Waals surface area contributed by atoms with E-state index < -0.39 is 11.7 Å². The minimum Gasteiger partial charge on any atom is -0.379 e. The zero-order chi connectivity index (χ0) is 16.9. The lowest BCUT2D eigenvalue weighted by atomic mass is 10.2. The fourth-order valence-electron chi connectivity index (χ4n) is 3.11. The van der Waals surface area contributed by atoms with Gasteiger partial charge in [0.1, 0.15) is 0 Å². The molecule has 0 aliphatic carbocycles. The second kappa shape index (κ2) is 9.07. The molecule has 2 aliphatic rings. The van der Waals surface area contributed by atoms with Crippen LogP contribution in [-0.2, 0) is 9.53 Å². The molecule has 1 unspecified atom stereocenters. The maximum atomic E-state index is 13.5. The average molecular weight is 373 g/mol. The summed E-state index contributed by atoms with van der Waals surface area (Å²) in [5, 5.41) is 2.61. The first-order chi connectivity index (χ1) is 11.7. The van der Waals surface area contributed by atoms with Crippen LogP contribution in [-0.4, -0.2) is 78.6 Å². The molecule has 0 spiro atoms. The minimum absolute atomic E-state index is 0. The molecule has 1 N–H and O–H groups in total. The molecule has 138 valence electrons. The predicted octanol–water partition coefficient (Wildman–Crippen LogP) is 0.305. The monoisotopic (exact) mass is 372 g/mol. The third kappa shape index (κ3) is 4.65. The van der Waals surface area contributed by atoms with Crippen molar-refractivity contribution in [2.75, 3.05) is 45.9 Å². The van der Waals surface area contributed by atoms with Gasteiger partial charge < -0.3 is 15.0 Å². The van der Waals surface area contributed by atoms with Crippen LogP contribution in [0.3, 0.4) is 0 Å². The number of nitrogens with zero attached hydrogens (tertiary/aromatic N) is 3. The summed E-state index contributed by atoms with van der Waals surface area (Å²) in [5.74, 6) is -1.13. The van der Waals surface area contributed by atoms with Gasteiger partial charge in [-0.05, 0) is 18.6 Å². The van der Waals surface area contributed by atoms with E-state index in [-0.39, 0.29) is 36.6 Å². The van der Waals surface area contributed by atoms with Gasteiger partial charge in [0.15, 0.2) is 11.5 Å². The highest BCUT2D eigenvalue weighted by molar-refractivity contribution is 5.92. The molecule has 2 saturated heterocycles. The number of aromatic nitrogens is 1. The number of amides is 2. The molecular formula is C16H22ClFN4O3. The van der Waals surface area contributed by atoms with Crippen molar-refractivity contribution >= 4 is 24.2 Å². The Morgan fingerprint density at radius 2 is 2.12 bits per heavy atom. The fraction of sp³-hybridized carbons (Fsp3) is 0.562. The molecule has 1 aromatic rings. The molecule has 9 heteroatoms. The van der Waals surface area contributed by atoms with Gasteiger partial charge in [-0.25, -0.2) is 9.37 Å². The number of hydrogen-bond donors (Lipinski definition) is 1. The lowest BCUT2D eigenvalue weighted by Crippen LogP contribution is -2.48. The van der Waals surface area contributed by atoms with Gasteiger partial charge >= 0.3 is 0 Å². The minimum atomic E-state index is -0.653. The van der Waals surface area contributed by atoms with Crippen molar-refractivity contribution in [1.29, 1.82) is 0 Å². The first-order valence-corrected chi connectivity index (χ1v) is 8.16. The summed E-state index contributed by atoms with van der Waals surface area (Å²) in [6.45, 7) is 4.25. The summed E-state index contributed by atoms with van der Waals surface area (Å²) in [6.07, 6.45) is 2.16. The van der Waals surface area contributed by atoms with Crippen molar-refractivity contribution in [3.05, 3.63) is 29.8 Å². The van der Waals surface area contributed by atoms with E-state index in [1.54, 1.807) is 4.90 Å². The number of carbonyl (C=O) groups excluding carboxylic acids is 2. The molecule has 0 bridgehead atoms. The third-order valence-electron chi connectivity index (χ3n) is 4.40. The Morgan fingerprint density at radius 1 is 1.36 bits per heavy atom. The molecule has 2 aliphatic heterocycles. The van der Waals surface area contributed by atoms with Crippen molar-refractivity contribution in [3.63, 3.8) is 0 Å². The van der Waals surface area contributed by atoms with Gasteiger partial charge in [0, 0.05) is 38.9 Å². The number of morpholine rings is 1. The van der Waals surface area contributed by atoms with E-state index in [0.29, 0.717) is 26.3 Å². The van der Waals surface area contributed by atoms with Gasteiger partial charge in [0.05, 0.1) is 19.3 Å². The number of pyridine rings is 1. The van der Waals surface area contributed by atoms with Gasteiger partial charge in [-0.3, -0.25) is 14.5 Å². The first-order valence-electron chi connectivity index (χ1n) is 8.16. The van der Waals surface area contributed by atoms with Crippen molar-refractivity contribution in [2.24, 2.45) is 0 Å². The number of carbonyl (C=O) groups is 2. The Hall–Kier alpha value is -1.77. The highest BCUT2D eigenvalue weighted by atomic mass is 35.5. The predicted molar refractivity (Wildman–Crippen MR) is 91.2 cm³/mol. The van der Waals surface area contributed by atoms with Crippen LogP contribution in [0.5, 0.6) is 0 Å². The van der Waals surface area contributed by atoms with Crippen molar-refractivity contribution in [3.8, 4) is 0 Å². The van der Waals surface area contributed by atoms with Crippen molar-refractivity contribution in [1.82, 2.24) is 20.1 Å². The summed E-state index contributed by atoms with van der Waals surface area (Å²) >= 11 is 0. The van der Waals surface area contributed by atoms with Crippen LogP contribution >= 0.6 is 12.4 Å². The Bertz CT molecular complexity index is 613. The second-order valence-electron chi connectivity index (χ2n) is 5.87. The van der Waals surface area contributed by atoms with Gasteiger partial charge in [-0.2, -0.15) is 0 Å². The molecule has 0 saturated carbocycles. The molecular weight excluding hydrogens is 351 g/mol. The number of ether oxygens (including phenoxy) is 1. The van der Waals surface area contributed by atoms with Gasteiger partial charge in [0.25, 0.3) is 5.91 Å². The number of nitrogens with one attached hydrogen (secondary N) is 1. The summed E-state index contributed by atoms with van der Waals surface area (Å²) < 4.78 is 18.8. The fourth-order valence-corrected chi connectivity index (χ4v) is 3.11. The molecule has 1 atom stereocenters. The van der Waals surface area contributed by atoms with Crippen LogP contribution in [0.2, 0.25) is 0 Å². The molecule has 1 aromatic heterocycles. The quantitative estimate of drug-likeness (QED) is 0.805. The largest absolute Gasteiger partial charge is 0.379 e. The maximum absolute atomic E-state index is 13.5. The normalized spacial score (nSPS) is 21.1. The van der Waals surface area contributed by atoms with E-state index in [1.807, 2.05) is 0 Å². The molecule has 3 rings (SSSR count). The molecule has 25 heavy (non-hydrogen) atoms. The summed E-state index contributed by atoms with van der Waals surface area (Å²) in [7, 11) is 0. The van der Waals surface area contributed by atoms with Crippen LogP contribution in [0.15, 0.2) is 18.3 Å². The topological polar surface area (TPSA) is 74.8 Å². The molecule has 0 radical (unpaired) electrons. The SMILES string of the molecule is Cl.O=C(NCCN1CCC(N2CCOCC2)C1=O)c1ncccc1F. The van der Waals surface area contributed by atoms with Crippen LogP contribution in [0.4, 0.5) is 4.39 Å². The highest BCUT2D eigenvalue weighted by Crippen LogP contribution is 2.18. The number of likely N-dealkylation sites (tertiary alicyclic amines) is 1. The van der Waals surface area contributed by atoms with E-state index >= 15 is 0 Å². The lowest BCUT2D eigenvalue weighted by molar-refractivity contribution is -0.133. The Kier molecular flexibility index (Phi) is 7.10. The Labute approximate surface area is 151 Å². The molecule has 2 amide bonds. The van der Waals surface area contributed by atoms with E-state index in [4.69, 9.17) is 4.74 Å². The lowest BCUT2D eigenvalue weighted by Gasteiger charge is -2.31. The van der Waals surface area contributed by atoms with E-state index in [0.717, 1.165) is 19.5 Å². The first kappa shape index (κ1) is 19.6. The smallest absolute Gasteiger partial charge is 0.272 e. The van der Waals surface area contributed by atoms with Gasteiger partial charge in [0.2, 0.25) is 5.91 Å². The standard InChI is InChI=1S/C16H21FN4O3.ClH/c17-12-2-1-4-18-14(12)15(22)19-5-7-21-6-3-13(16(21)23)20-8-10-24-11-9-20;/h1-2,4,13H,3,5-11H2,(H,19,22);1H.